The fourth-order valence-corrected chi connectivity index (χ4v) is 2.24. The number of carbonyl (C=O) groups is 1. The summed E-state index contributed by atoms with van der Waals surface area (Å²) in [6, 6.07) is -0.107. The van der Waals surface area contributed by atoms with Crippen LogP contribution in [0.25, 0.3) is 0 Å². The van der Waals surface area contributed by atoms with Gasteiger partial charge in [-0.15, -0.1) is 0 Å². The van der Waals surface area contributed by atoms with Gasteiger partial charge in [0, 0.05) is 19.7 Å². The Morgan fingerprint density at radius 3 is 2.82 bits per heavy atom. The molecular formula is C12H24N2O3. The zero-order valence-electron chi connectivity index (χ0n) is 10.9. The number of likely N-dealkylation sites (tertiary alicyclic amines) is 1. The Kier molecular flexibility index (Phi) is 6.47. The fourth-order valence-electron chi connectivity index (χ4n) is 2.24. The third-order valence-electron chi connectivity index (χ3n) is 3.03. The number of nitrogens with zero attached hydrogens (tertiary/aromatic N) is 1. The lowest BCUT2D eigenvalue weighted by molar-refractivity contribution is -0.148. The van der Waals surface area contributed by atoms with Crippen LogP contribution in [0.1, 0.15) is 26.7 Å². The smallest absolute Gasteiger partial charge is 0.323 e. The van der Waals surface area contributed by atoms with E-state index in [2.05, 4.69) is 4.90 Å². The molecule has 0 aliphatic carbocycles. The van der Waals surface area contributed by atoms with Gasteiger partial charge >= 0.3 is 5.97 Å². The number of carbonyl (C=O) groups excluding carboxylic acids is 1. The highest BCUT2D eigenvalue weighted by Crippen LogP contribution is 2.19. The minimum absolute atomic E-state index is 0.00928. The van der Waals surface area contributed by atoms with Gasteiger partial charge in [-0.05, 0) is 33.2 Å². The minimum Gasteiger partial charge on any atom is -0.465 e. The molecule has 17 heavy (non-hydrogen) atoms. The van der Waals surface area contributed by atoms with Crippen molar-refractivity contribution in [3.05, 3.63) is 0 Å². The van der Waals surface area contributed by atoms with Gasteiger partial charge in [-0.1, -0.05) is 0 Å². The summed E-state index contributed by atoms with van der Waals surface area (Å²) in [6.45, 7) is 7.00. The van der Waals surface area contributed by atoms with Crippen molar-refractivity contribution in [2.45, 2.75) is 38.8 Å². The molecule has 2 unspecified atom stereocenters. The van der Waals surface area contributed by atoms with Crippen LogP contribution >= 0.6 is 0 Å². The summed E-state index contributed by atoms with van der Waals surface area (Å²) in [5.41, 5.74) is 5.65. The summed E-state index contributed by atoms with van der Waals surface area (Å²) in [7, 11) is 0. The summed E-state index contributed by atoms with van der Waals surface area (Å²) >= 11 is 0. The quantitative estimate of drug-likeness (QED) is 0.656. The van der Waals surface area contributed by atoms with Gasteiger partial charge in [0.15, 0.2) is 0 Å². The van der Waals surface area contributed by atoms with Gasteiger partial charge in [-0.25, -0.2) is 0 Å². The van der Waals surface area contributed by atoms with Gasteiger partial charge in [0.1, 0.15) is 6.04 Å². The van der Waals surface area contributed by atoms with Crippen molar-refractivity contribution in [2.24, 2.45) is 5.73 Å². The molecule has 2 N–H and O–H groups in total. The van der Waals surface area contributed by atoms with Crippen LogP contribution in [0.5, 0.6) is 0 Å². The summed E-state index contributed by atoms with van der Waals surface area (Å²) in [6.07, 6.45) is 1.92. The van der Waals surface area contributed by atoms with Gasteiger partial charge in [0.05, 0.1) is 12.7 Å². The first-order valence-electron chi connectivity index (χ1n) is 6.45. The Labute approximate surface area is 103 Å². The van der Waals surface area contributed by atoms with Crippen LogP contribution in [0.2, 0.25) is 0 Å². The van der Waals surface area contributed by atoms with Gasteiger partial charge < -0.3 is 15.2 Å². The van der Waals surface area contributed by atoms with Crippen LogP contribution in [-0.4, -0.2) is 55.9 Å². The Balaban J connectivity index is 2.47. The normalized spacial score (nSPS) is 22.6. The first kappa shape index (κ1) is 14.4. The molecule has 1 heterocycles. The zero-order chi connectivity index (χ0) is 12.7. The van der Waals surface area contributed by atoms with E-state index in [1.807, 2.05) is 13.8 Å². The average molecular weight is 244 g/mol. The lowest BCUT2D eigenvalue weighted by Crippen LogP contribution is -2.44. The molecule has 1 fully saturated rings. The Morgan fingerprint density at radius 1 is 1.47 bits per heavy atom. The van der Waals surface area contributed by atoms with E-state index in [0.29, 0.717) is 26.3 Å². The van der Waals surface area contributed by atoms with Crippen molar-refractivity contribution in [1.29, 1.82) is 0 Å². The van der Waals surface area contributed by atoms with E-state index < -0.39 is 0 Å². The summed E-state index contributed by atoms with van der Waals surface area (Å²) in [5, 5.41) is 0. The molecule has 5 heteroatoms. The maximum atomic E-state index is 11.7. The van der Waals surface area contributed by atoms with E-state index >= 15 is 0 Å². The van der Waals surface area contributed by atoms with Crippen LogP contribution < -0.4 is 5.73 Å². The molecule has 0 aromatic carbocycles. The van der Waals surface area contributed by atoms with E-state index in [4.69, 9.17) is 15.2 Å². The van der Waals surface area contributed by atoms with Crippen molar-refractivity contribution in [2.75, 3.05) is 32.8 Å². The molecule has 0 bridgehead atoms. The van der Waals surface area contributed by atoms with E-state index in [9.17, 15) is 4.79 Å². The van der Waals surface area contributed by atoms with Gasteiger partial charge in [0.25, 0.3) is 0 Å². The van der Waals surface area contributed by atoms with Crippen LogP contribution in [-0.2, 0) is 14.3 Å². The van der Waals surface area contributed by atoms with Crippen LogP contribution in [0.15, 0.2) is 0 Å². The number of ether oxygens (including phenoxy) is 2. The predicted octanol–water partition coefficient (Wildman–Crippen LogP) is 0.378. The molecule has 0 amide bonds. The van der Waals surface area contributed by atoms with Crippen molar-refractivity contribution >= 4 is 5.97 Å². The van der Waals surface area contributed by atoms with Crippen LogP contribution in [0, 0.1) is 0 Å². The predicted molar refractivity (Wildman–Crippen MR) is 65.7 cm³/mol. The molecular weight excluding hydrogens is 220 g/mol. The highest BCUT2D eigenvalue weighted by molar-refractivity contribution is 5.76. The molecule has 1 aliphatic heterocycles. The first-order valence-corrected chi connectivity index (χ1v) is 6.45. The summed E-state index contributed by atoms with van der Waals surface area (Å²) in [4.78, 5) is 13.9. The largest absolute Gasteiger partial charge is 0.465 e. The van der Waals surface area contributed by atoms with Crippen molar-refractivity contribution in [3.63, 3.8) is 0 Å². The highest BCUT2D eigenvalue weighted by atomic mass is 16.5. The molecule has 1 aliphatic rings. The van der Waals surface area contributed by atoms with E-state index in [1.165, 1.54) is 0 Å². The standard InChI is InChI=1S/C12H24N2O3/c1-3-16-10(8-13)9-14-7-5-6-11(14)12(15)17-4-2/h10-11H,3-9,13H2,1-2H3. The maximum Gasteiger partial charge on any atom is 0.323 e. The molecule has 100 valence electrons. The summed E-state index contributed by atoms with van der Waals surface area (Å²) in [5.74, 6) is -0.114. The second-order valence-corrected chi connectivity index (χ2v) is 4.22. The number of esters is 1. The number of hydrogen-bond acceptors (Lipinski definition) is 5. The maximum absolute atomic E-state index is 11.7. The fraction of sp³-hybridized carbons (Fsp3) is 0.917. The van der Waals surface area contributed by atoms with Crippen molar-refractivity contribution in [3.8, 4) is 0 Å². The molecule has 2 atom stereocenters. The molecule has 0 saturated carbocycles. The van der Waals surface area contributed by atoms with E-state index in [0.717, 1.165) is 19.4 Å². The van der Waals surface area contributed by atoms with Gasteiger partial charge in [0.2, 0.25) is 0 Å². The summed E-state index contributed by atoms with van der Waals surface area (Å²) < 4.78 is 10.6. The molecule has 0 aromatic heterocycles. The van der Waals surface area contributed by atoms with Gasteiger partial charge in [-0.2, -0.15) is 0 Å². The Bertz CT molecular complexity index is 236. The second kappa shape index (κ2) is 7.63. The second-order valence-electron chi connectivity index (χ2n) is 4.22. The molecule has 0 spiro atoms. The topological polar surface area (TPSA) is 64.8 Å². The molecule has 5 nitrogen and oxygen atoms in total. The van der Waals surface area contributed by atoms with Crippen LogP contribution in [0.4, 0.5) is 0 Å². The number of rotatable bonds is 7. The van der Waals surface area contributed by atoms with E-state index in [1.54, 1.807) is 0 Å². The Hall–Kier alpha value is -0.650. The third-order valence-corrected chi connectivity index (χ3v) is 3.03. The lowest BCUT2D eigenvalue weighted by atomic mass is 10.2. The number of nitrogens with two attached hydrogens (primary N) is 1. The highest BCUT2D eigenvalue weighted by Gasteiger charge is 2.32. The monoisotopic (exact) mass is 244 g/mol. The zero-order valence-corrected chi connectivity index (χ0v) is 10.9. The first-order chi connectivity index (χ1) is 8.22. The molecule has 1 saturated heterocycles. The van der Waals surface area contributed by atoms with Crippen molar-refractivity contribution < 1.29 is 14.3 Å². The van der Waals surface area contributed by atoms with Crippen LogP contribution in [0.3, 0.4) is 0 Å². The third kappa shape index (κ3) is 4.26. The van der Waals surface area contributed by atoms with Gasteiger partial charge in [-0.3, -0.25) is 9.69 Å². The van der Waals surface area contributed by atoms with E-state index in [-0.39, 0.29) is 18.1 Å². The Morgan fingerprint density at radius 2 is 2.24 bits per heavy atom. The average Bonchev–Trinajstić information content (AvgIpc) is 2.77. The van der Waals surface area contributed by atoms with Crippen molar-refractivity contribution in [1.82, 2.24) is 4.90 Å². The lowest BCUT2D eigenvalue weighted by Gasteiger charge is -2.26. The SMILES string of the molecule is CCOC(=O)C1CCCN1CC(CN)OCC. The minimum atomic E-state index is -0.114. The molecule has 0 radical (unpaired) electrons. The molecule has 1 rings (SSSR count). The number of hydrogen-bond donors (Lipinski definition) is 1. The molecule has 0 aromatic rings.